The molecule has 100 valence electrons. The maximum Gasteiger partial charge on any atom is 0.309 e. The Morgan fingerprint density at radius 2 is 1.28 bits per heavy atom. The van der Waals surface area contributed by atoms with E-state index in [1.165, 1.54) is 0 Å². The van der Waals surface area contributed by atoms with Crippen molar-refractivity contribution in [2.24, 2.45) is 11.8 Å². The zero-order valence-corrected chi connectivity index (χ0v) is 10.0. The first-order valence-corrected chi connectivity index (χ1v) is 6.30. The Balaban J connectivity index is 1.40. The van der Waals surface area contributed by atoms with E-state index in [-0.39, 0.29) is 36.0 Å². The van der Waals surface area contributed by atoms with E-state index in [1.54, 1.807) is 0 Å². The molecule has 0 aromatic rings. The smallest absolute Gasteiger partial charge is 0.309 e. The molecule has 6 nitrogen and oxygen atoms in total. The zero-order valence-electron chi connectivity index (χ0n) is 10.0. The predicted octanol–water partition coefficient (Wildman–Crippen LogP) is -0.103. The van der Waals surface area contributed by atoms with E-state index < -0.39 is 0 Å². The summed E-state index contributed by atoms with van der Waals surface area (Å²) in [5.41, 5.74) is 0. The molecule has 0 bridgehead atoms. The maximum atomic E-state index is 11.7. The van der Waals surface area contributed by atoms with Gasteiger partial charge in [-0.05, 0) is 12.8 Å². The molecule has 1 aliphatic carbocycles. The Morgan fingerprint density at radius 1 is 0.889 bits per heavy atom. The van der Waals surface area contributed by atoms with Gasteiger partial charge in [0.25, 0.3) is 0 Å². The van der Waals surface area contributed by atoms with Crippen molar-refractivity contribution in [3.63, 3.8) is 0 Å². The third-order valence-corrected chi connectivity index (χ3v) is 3.51. The second-order valence-corrected chi connectivity index (χ2v) is 4.96. The lowest BCUT2D eigenvalue weighted by atomic mass is 9.73. The minimum atomic E-state index is -0.337. The molecule has 6 heteroatoms. The van der Waals surface area contributed by atoms with Crippen LogP contribution in [-0.4, -0.2) is 50.6 Å². The highest BCUT2D eigenvalue weighted by atomic mass is 16.6. The van der Waals surface area contributed by atoms with Gasteiger partial charge in [-0.2, -0.15) is 0 Å². The van der Waals surface area contributed by atoms with Crippen molar-refractivity contribution in [2.45, 2.75) is 25.0 Å². The van der Waals surface area contributed by atoms with E-state index in [0.717, 1.165) is 0 Å². The van der Waals surface area contributed by atoms with Gasteiger partial charge in [0.15, 0.2) is 0 Å². The normalized spacial score (nSPS) is 36.4. The number of hydrogen-bond donors (Lipinski definition) is 0. The van der Waals surface area contributed by atoms with Crippen LogP contribution in [0.15, 0.2) is 0 Å². The van der Waals surface area contributed by atoms with Crippen LogP contribution < -0.4 is 0 Å². The van der Waals surface area contributed by atoms with E-state index in [0.29, 0.717) is 39.3 Å². The fourth-order valence-corrected chi connectivity index (χ4v) is 1.96. The van der Waals surface area contributed by atoms with Gasteiger partial charge in [0.05, 0.1) is 25.0 Å². The van der Waals surface area contributed by atoms with Gasteiger partial charge in [0.2, 0.25) is 0 Å². The van der Waals surface area contributed by atoms with Crippen LogP contribution in [0.4, 0.5) is 0 Å². The molecule has 0 aromatic carbocycles. The summed E-state index contributed by atoms with van der Waals surface area (Å²) in [7, 11) is 0. The molecule has 2 saturated heterocycles. The van der Waals surface area contributed by atoms with Crippen LogP contribution in [0, 0.1) is 11.8 Å². The van der Waals surface area contributed by atoms with E-state index in [9.17, 15) is 9.59 Å². The number of esters is 2. The average molecular weight is 256 g/mol. The van der Waals surface area contributed by atoms with Crippen molar-refractivity contribution in [3.05, 3.63) is 0 Å². The van der Waals surface area contributed by atoms with Gasteiger partial charge in [-0.1, -0.05) is 0 Å². The Bertz CT molecular complexity index is 312. The summed E-state index contributed by atoms with van der Waals surface area (Å²) in [6, 6.07) is 0. The van der Waals surface area contributed by atoms with Gasteiger partial charge in [0.1, 0.15) is 25.4 Å². The summed E-state index contributed by atoms with van der Waals surface area (Å²) < 4.78 is 20.1. The highest BCUT2D eigenvalue weighted by Gasteiger charge is 2.44. The predicted molar refractivity (Wildman–Crippen MR) is 57.6 cm³/mol. The Labute approximate surface area is 105 Å². The summed E-state index contributed by atoms with van der Waals surface area (Å²) in [5, 5.41) is 0. The summed E-state index contributed by atoms with van der Waals surface area (Å²) in [6.45, 7) is 1.91. The van der Waals surface area contributed by atoms with Crippen LogP contribution in [0.25, 0.3) is 0 Å². The molecule has 3 aliphatic rings. The van der Waals surface area contributed by atoms with Gasteiger partial charge < -0.3 is 18.9 Å². The molecule has 2 heterocycles. The first kappa shape index (κ1) is 11.9. The van der Waals surface area contributed by atoms with E-state index >= 15 is 0 Å². The monoisotopic (exact) mass is 256 g/mol. The fraction of sp³-hybridized carbons (Fsp3) is 0.833. The first-order chi connectivity index (χ1) is 8.74. The molecule has 0 aromatic heterocycles. The average Bonchev–Trinajstić information content (AvgIpc) is 3.14. The Hall–Kier alpha value is -1.14. The van der Waals surface area contributed by atoms with Crippen molar-refractivity contribution in [2.75, 3.05) is 26.4 Å². The van der Waals surface area contributed by atoms with E-state index in [2.05, 4.69) is 0 Å². The van der Waals surface area contributed by atoms with E-state index in [1.807, 2.05) is 0 Å². The summed E-state index contributed by atoms with van der Waals surface area (Å²) >= 11 is 0. The first-order valence-electron chi connectivity index (χ1n) is 6.30. The molecule has 3 rings (SSSR count). The largest absolute Gasteiger partial charge is 0.463 e. The third-order valence-electron chi connectivity index (χ3n) is 3.51. The van der Waals surface area contributed by atoms with Crippen molar-refractivity contribution < 1.29 is 28.5 Å². The molecule has 3 fully saturated rings. The van der Waals surface area contributed by atoms with Crippen molar-refractivity contribution in [1.82, 2.24) is 0 Å². The molecule has 1 saturated carbocycles. The minimum Gasteiger partial charge on any atom is -0.463 e. The van der Waals surface area contributed by atoms with Gasteiger partial charge in [-0.15, -0.1) is 0 Å². The number of carbonyl (C=O) groups is 2. The number of rotatable bonds is 6. The van der Waals surface area contributed by atoms with E-state index in [4.69, 9.17) is 18.9 Å². The minimum absolute atomic E-state index is 0.0615. The summed E-state index contributed by atoms with van der Waals surface area (Å²) in [4.78, 5) is 23.4. The molecule has 0 spiro atoms. The van der Waals surface area contributed by atoms with Crippen molar-refractivity contribution >= 4 is 11.9 Å². The molecule has 0 N–H and O–H groups in total. The SMILES string of the molecule is O=C(OCC1CO1)C1CCC1C(=O)OCC1CO1. The van der Waals surface area contributed by atoms with Crippen molar-refractivity contribution in [1.29, 1.82) is 0 Å². The molecule has 0 radical (unpaired) electrons. The summed E-state index contributed by atoms with van der Waals surface area (Å²) in [6.07, 6.45) is 1.52. The van der Waals surface area contributed by atoms with Crippen LogP contribution in [0.3, 0.4) is 0 Å². The molecule has 4 unspecified atom stereocenters. The number of carbonyl (C=O) groups excluding carboxylic acids is 2. The molecule has 2 aliphatic heterocycles. The summed E-state index contributed by atoms with van der Waals surface area (Å²) in [5.74, 6) is -1.28. The highest BCUT2D eigenvalue weighted by Crippen LogP contribution is 2.36. The molecule has 0 amide bonds. The molecular weight excluding hydrogens is 240 g/mol. The lowest BCUT2D eigenvalue weighted by Gasteiger charge is -2.32. The lowest BCUT2D eigenvalue weighted by molar-refractivity contribution is -0.168. The van der Waals surface area contributed by atoms with Crippen LogP contribution in [-0.2, 0) is 28.5 Å². The van der Waals surface area contributed by atoms with Gasteiger partial charge in [0, 0.05) is 0 Å². The van der Waals surface area contributed by atoms with Crippen LogP contribution in [0.5, 0.6) is 0 Å². The maximum absolute atomic E-state index is 11.7. The lowest BCUT2D eigenvalue weighted by Crippen LogP contribution is -2.40. The van der Waals surface area contributed by atoms with Gasteiger partial charge >= 0.3 is 11.9 Å². The van der Waals surface area contributed by atoms with Crippen LogP contribution >= 0.6 is 0 Å². The molecule has 18 heavy (non-hydrogen) atoms. The number of ether oxygens (including phenoxy) is 4. The third kappa shape index (κ3) is 2.81. The zero-order chi connectivity index (χ0) is 12.5. The second-order valence-electron chi connectivity index (χ2n) is 4.96. The fourth-order valence-electron chi connectivity index (χ4n) is 1.96. The molecule has 4 atom stereocenters. The Kier molecular flexibility index (Phi) is 3.22. The standard InChI is InChI=1S/C12H16O6/c13-11(17-5-7-3-15-7)9-1-2-10(9)12(14)18-6-8-4-16-8/h7-10H,1-6H2. The Morgan fingerprint density at radius 3 is 1.56 bits per heavy atom. The van der Waals surface area contributed by atoms with Crippen molar-refractivity contribution in [3.8, 4) is 0 Å². The second kappa shape index (κ2) is 4.85. The van der Waals surface area contributed by atoms with Gasteiger partial charge in [-0.3, -0.25) is 9.59 Å². The quantitative estimate of drug-likeness (QED) is 0.487. The highest BCUT2D eigenvalue weighted by molar-refractivity contribution is 5.83. The number of epoxide rings is 2. The van der Waals surface area contributed by atoms with Crippen LogP contribution in [0.1, 0.15) is 12.8 Å². The number of hydrogen-bond acceptors (Lipinski definition) is 6. The molecular formula is C12H16O6. The topological polar surface area (TPSA) is 77.7 Å². The van der Waals surface area contributed by atoms with Gasteiger partial charge in [-0.25, -0.2) is 0 Å². The van der Waals surface area contributed by atoms with Crippen LogP contribution in [0.2, 0.25) is 0 Å².